The fourth-order valence-electron chi connectivity index (χ4n) is 2.28. The van der Waals surface area contributed by atoms with Gasteiger partial charge in [-0.3, -0.25) is 4.68 Å². The van der Waals surface area contributed by atoms with E-state index in [1.54, 1.807) is 18.4 Å². The van der Waals surface area contributed by atoms with Gasteiger partial charge in [-0.15, -0.1) is 0 Å². The lowest BCUT2D eigenvalue weighted by Crippen LogP contribution is -2.18. The highest BCUT2D eigenvalue weighted by Gasteiger charge is 2.13. The fourth-order valence-corrected chi connectivity index (χ4v) is 3.03. The van der Waals surface area contributed by atoms with E-state index < -0.39 is 0 Å². The molecule has 2 heterocycles. The summed E-state index contributed by atoms with van der Waals surface area (Å²) in [7, 11) is 1.72. The molecule has 0 unspecified atom stereocenters. The van der Waals surface area contributed by atoms with Crippen LogP contribution in [0.1, 0.15) is 35.5 Å². The molecule has 0 bridgehead atoms. The van der Waals surface area contributed by atoms with Gasteiger partial charge in [-0.05, 0) is 43.2 Å². The molecule has 4 nitrogen and oxygen atoms in total. The largest absolute Gasteiger partial charge is 0.383 e. The van der Waals surface area contributed by atoms with Gasteiger partial charge < -0.3 is 10.1 Å². The lowest BCUT2D eigenvalue weighted by atomic mass is 10.1. The van der Waals surface area contributed by atoms with Crippen LogP contribution in [0.4, 0.5) is 0 Å². The number of nitrogens with one attached hydrogen (secondary N) is 1. The second kappa shape index (κ2) is 7.02. The van der Waals surface area contributed by atoms with Crippen molar-refractivity contribution < 1.29 is 4.74 Å². The normalized spacial score (nSPS) is 12.8. The van der Waals surface area contributed by atoms with Gasteiger partial charge in [0.15, 0.2) is 0 Å². The minimum Gasteiger partial charge on any atom is -0.383 e. The molecule has 2 rings (SSSR count). The van der Waals surface area contributed by atoms with Gasteiger partial charge in [0.1, 0.15) is 0 Å². The van der Waals surface area contributed by atoms with Crippen molar-refractivity contribution in [2.24, 2.45) is 0 Å². The van der Waals surface area contributed by atoms with Gasteiger partial charge in [-0.2, -0.15) is 16.4 Å². The highest BCUT2D eigenvalue weighted by atomic mass is 32.1. The Morgan fingerprint density at radius 3 is 2.90 bits per heavy atom. The van der Waals surface area contributed by atoms with Crippen molar-refractivity contribution in [1.82, 2.24) is 15.1 Å². The number of aryl methyl sites for hydroxylation is 1. The molecule has 0 aromatic carbocycles. The van der Waals surface area contributed by atoms with E-state index in [-0.39, 0.29) is 0 Å². The lowest BCUT2D eigenvalue weighted by Gasteiger charge is -2.13. The summed E-state index contributed by atoms with van der Waals surface area (Å²) >= 11 is 1.74. The molecule has 20 heavy (non-hydrogen) atoms. The van der Waals surface area contributed by atoms with Crippen LogP contribution in [0.25, 0.3) is 0 Å². The highest BCUT2D eigenvalue weighted by Crippen LogP contribution is 2.18. The SMILES string of the molecule is COCCn1nc(C)c(CN[C@@H](C)c2ccsc2)c1C. The monoisotopic (exact) mass is 293 g/mol. The maximum Gasteiger partial charge on any atom is 0.0658 e. The molecule has 0 saturated heterocycles. The first-order valence-corrected chi connectivity index (χ1v) is 7.85. The zero-order chi connectivity index (χ0) is 14.5. The van der Waals surface area contributed by atoms with E-state index in [9.17, 15) is 0 Å². The molecule has 0 aliphatic heterocycles. The maximum atomic E-state index is 5.12. The fraction of sp³-hybridized carbons (Fsp3) is 0.533. The minimum absolute atomic E-state index is 0.363. The van der Waals surface area contributed by atoms with Gasteiger partial charge in [0.05, 0.1) is 18.8 Å². The highest BCUT2D eigenvalue weighted by molar-refractivity contribution is 7.07. The van der Waals surface area contributed by atoms with Crippen LogP contribution < -0.4 is 5.32 Å². The van der Waals surface area contributed by atoms with Crippen molar-refractivity contribution in [1.29, 1.82) is 0 Å². The third-order valence-corrected chi connectivity index (χ3v) is 4.37. The first kappa shape index (κ1) is 15.2. The third-order valence-electron chi connectivity index (χ3n) is 3.67. The number of methoxy groups -OCH3 is 1. The van der Waals surface area contributed by atoms with E-state index in [1.807, 2.05) is 4.68 Å². The van der Waals surface area contributed by atoms with E-state index in [4.69, 9.17) is 4.74 Å². The van der Waals surface area contributed by atoms with Crippen LogP contribution in [-0.2, 0) is 17.8 Å². The predicted octanol–water partition coefficient (Wildman–Crippen LogP) is 3.06. The second-order valence-electron chi connectivity index (χ2n) is 5.02. The topological polar surface area (TPSA) is 39.1 Å². The summed E-state index contributed by atoms with van der Waals surface area (Å²) in [5.41, 5.74) is 4.97. The number of rotatable bonds is 7. The zero-order valence-corrected chi connectivity index (χ0v) is 13.5. The molecular weight excluding hydrogens is 270 g/mol. The van der Waals surface area contributed by atoms with E-state index in [1.165, 1.54) is 16.8 Å². The molecule has 0 amide bonds. The Hall–Kier alpha value is -1.17. The summed E-state index contributed by atoms with van der Waals surface area (Å²) in [5, 5.41) is 12.5. The summed E-state index contributed by atoms with van der Waals surface area (Å²) in [6.45, 7) is 8.75. The number of ether oxygens (including phenoxy) is 1. The van der Waals surface area contributed by atoms with Crippen LogP contribution in [-0.4, -0.2) is 23.5 Å². The van der Waals surface area contributed by atoms with E-state index in [0.717, 1.165) is 18.8 Å². The van der Waals surface area contributed by atoms with E-state index >= 15 is 0 Å². The summed E-state index contributed by atoms with van der Waals surface area (Å²) in [6.07, 6.45) is 0. The smallest absolute Gasteiger partial charge is 0.0658 e. The predicted molar refractivity (Wildman–Crippen MR) is 83.2 cm³/mol. The molecule has 2 aromatic rings. The van der Waals surface area contributed by atoms with E-state index in [2.05, 4.69) is 48.0 Å². The van der Waals surface area contributed by atoms with Gasteiger partial charge in [-0.25, -0.2) is 0 Å². The summed E-state index contributed by atoms with van der Waals surface area (Å²) in [6, 6.07) is 2.53. The third kappa shape index (κ3) is 3.48. The van der Waals surface area contributed by atoms with Gasteiger partial charge in [0.25, 0.3) is 0 Å². The Balaban J connectivity index is 2.00. The zero-order valence-electron chi connectivity index (χ0n) is 12.6. The summed E-state index contributed by atoms with van der Waals surface area (Å²) in [5.74, 6) is 0. The number of hydrogen-bond acceptors (Lipinski definition) is 4. The van der Waals surface area contributed by atoms with Crippen molar-refractivity contribution in [2.75, 3.05) is 13.7 Å². The van der Waals surface area contributed by atoms with Crippen LogP contribution in [0.5, 0.6) is 0 Å². The van der Waals surface area contributed by atoms with Crippen molar-refractivity contribution in [3.8, 4) is 0 Å². The second-order valence-corrected chi connectivity index (χ2v) is 5.80. The van der Waals surface area contributed by atoms with Gasteiger partial charge in [-0.1, -0.05) is 0 Å². The quantitative estimate of drug-likeness (QED) is 0.853. The molecule has 0 aliphatic carbocycles. The number of hydrogen-bond donors (Lipinski definition) is 1. The molecule has 0 fully saturated rings. The molecule has 0 saturated carbocycles. The minimum atomic E-state index is 0.363. The molecule has 5 heteroatoms. The van der Waals surface area contributed by atoms with Crippen molar-refractivity contribution in [3.63, 3.8) is 0 Å². The molecule has 1 N–H and O–H groups in total. The Labute approximate surface area is 124 Å². The maximum absolute atomic E-state index is 5.12. The van der Waals surface area contributed by atoms with Crippen LogP contribution in [0.2, 0.25) is 0 Å². The molecular formula is C15H23N3OS. The first-order chi connectivity index (χ1) is 9.63. The Morgan fingerprint density at radius 2 is 2.25 bits per heavy atom. The van der Waals surface area contributed by atoms with E-state index in [0.29, 0.717) is 12.6 Å². The van der Waals surface area contributed by atoms with Crippen LogP contribution in [0, 0.1) is 13.8 Å². The lowest BCUT2D eigenvalue weighted by molar-refractivity contribution is 0.182. The van der Waals surface area contributed by atoms with Crippen molar-refractivity contribution in [3.05, 3.63) is 39.3 Å². The van der Waals surface area contributed by atoms with Crippen LogP contribution >= 0.6 is 11.3 Å². The van der Waals surface area contributed by atoms with Crippen LogP contribution in [0.15, 0.2) is 16.8 Å². The Kier molecular flexibility index (Phi) is 5.34. The van der Waals surface area contributed by atoms with Crippen LogP contribution in [0.3, 0.4) is 0 Å². The van der Waals surface area contributed by atoms with Crippen molar-refractivity contribution >= 4 is 11.3 Å². The summed E-state index contributed by atoms with van der Waals surface area (Å²) in [4.78, 5) is 0. The van der Waals surface area contributed by atoms with Gasteiger partial charge in [0.2, 0.25) is 0 Å². The average molecular weight is 293 g/mol. The number of thiophene rings is 1. The average Bonchev–Trinajstić information content (AvgIpc) is 3.04. The number of nitrogens with zero attached hydrogens (tertiary/aromatic N) is 2. The molecule has 0 aliphatic rings. The Morgan fingerprint density at radius 1 is 1.45 bits per heavy atom. The van der Waals surface area contributed by atoms with Crippen molar-refractivity contribution in [2.45, 2.75) is 39.9 Å². The molecule has 0 radical (unpaired) electrons. The molecule has 2 aromatic heterocycles. The van der Waals surface area contributed by atoms with Gasteiger partial charge >= 0.3 is 0 Å². The molecule has 0 spiro atoms. The standard InChI is InChI=1S/C15H23N3OS/c1-11(14-5-8-20-10-14)16-9-15-12(2)17-18(13(15)3)6-7-19-4/h5,8,10-11,16H,6-7,9H2,1-4H3/t11-/m0/s1. The first-order valence-electron chi connectivity index (χ1n) is 6.90. The Bertz CT molecular complexity index is 534. The summed E-state index contributed by atoms with van der Waals surface area (Å²) < 4.78 is 7.15. The number of aromatic nitrogens is 2. The molecule has 1 atom stereocenters. The van der Waals surface area contributed by atoms with Gasteiger partial charge in [0, 0.05) is 31.0 Å². The molecule has 110 valence electrons.